The van der Waals surface area contributed by atoms with Crippen molar-refractivity contribution < 1.29 is 14.5 Å². The second-order valence-electron chi connectivity index (χ2n) is 3.78. The molecule has 9 nitrogen and oxygen atoms in total. The first kappa shape index (κ1) is 15.4. The number of hydrogen-bond acceptors (Lipinski definition) is 6. The van der Waals surface area contributed by atoms with Gasteiger partial charge in [-0.2, -0.15) is 0 Å². The van der Waals surface area contributed by atoms with Gasteiger partial charge in [0, 0.05) is 20.0 Å². The van der Waals surface area contributed by atoms with Gasteiger partial charge in [0.2, 0.25) is 5.91 Å². The van der Waals surface area contributed by atoms with E-state index in [4.69, 9.17) is 5.84 Å². The van der Waals surface area contributed by atoms with Crippen LogP contribution in [0, 0.1) is 10.1 Å². The Morgan fingerprint density at radius 3 is 2.65 bits per heavy atom. The molecular weight excluding hydrogens is 266 g/mol. The van der Waals surface area contributed by atoms with E-state index in [2.05, 4.69) is 16.1 Å². The van der Waals surface area contributed by atoms with Gasteiger partial charge < -0.3 is 16.1 Å². The molecule has 0 aliphatic rings. The number of hydrazine groups is 1. The van der Waals surface area contributed by atoms with E-state index in [1.165, 1.54) is 25.2 Å². The van der Waals surface area contributed by atoms with Crippen LogP contribution in [0.25, 0.3) is 0 Å². The van der Waals surface area contributed by atoms with E-state index in [0.717, 1.165) is 0 Å². The summed E-state index contributed by atoms with van der Waals surface area (Å²) >= 11 is 0. The summed E-state index contributed by atoms with van der Waals surface area (Å²) in [7, 11) is 1.48. The first-order valence-corrected chi connectivity index (χ1v) is 5.74. The molecule has 0 radical (unpaired) electrons. The molecule has 108 valence electrons. The van der Waals surface area contributed by atoms with Crippen LogP contribution in [0.15, 0.2) is 18.2 Å². The number of nitrogens with zero attached hydrogens (tertiary/aromatic N) is 1. The lowest BCUT2D eigenvalue weighted by Gasteiger charge is -2.08. The lowest BCUT2D eigenvalue weighted by molar-refractivity contribution is -0.384. The molecule has 0 heterocycles. The maximum Gasteiger partial charge on any atom is 0.306 e. The molecule has 0 aliphatic carbocycles. The molecule has 0 aromatic heterocycles. The third-order valence-corrected chi connectivity index (χ3v) is 2.54. The molecule has 0 atom stereocenters. The summed E-state index contributed by atoms with van der Waals surface area (Å²) in [6.07, 6.45) is 0.0882. The molecule has 0 aliphatic heterocycles. The van der Waals surface area contributed by atoms with Crippen LogP contribution in [0.5, 0.6) is 0 Å². The largest absolute Gasteiger partial charge is 0.359 e. The molecule has 20 heavy (non-hydrogen) atoms. The molecule has 0 bridgehead atoms. The quantitative estimate of drug-likeness (QED) is 0.322. The normalized spacial score (nSPS) is 9.70. The van der Waals surface area contributed by atoms with E-state index < -0.39 is 16.5 Å². The summed E-state index contributed by atoms with van der Waals surface area (Å²) in [6.45, 7) is 0.0793. The number of benzene rings is 1. The number of para-hydroxylation sites is 1. The van der Waals surface area contributed by atoms with Crippen LogP contribution in [-0.4, -0.2) is 30.3 Å². The van der Waals surface area contributed by atoms with Gasteiger partial charge in [-0.25, -0.2) is 0 Å². The molecule has 2 amide bonds. The maximum absolute atomic E-state index is 11.9. The van der Waals surface area contributed by atoms with Crippen molar-refractivity contribution in [1.29, 1.82) is 0 Å². The Morgan fingerprint density at radius 1 is 1.40 bits per heavy atom. The van der Waals surface area contributed by atoms with Crippen molar-refractivity contribution in [2.75, 3.05) is 19.0 Å². The monoisotopic (exact) mass is 281 g/mol. The first-order valence-electron chi connectivity index (χ1n) is 5.74. The lowest BCUT2D eigenvalue weighted by Crippen LogP contribution is -2.29. The van der Waals surface area contributed by atoms with Gasteiger partial charge in [-0.3, -0.25) is 25.5 Å². The van der Waals surface area contributed by atoms with Crippen molar-refractivity contribution in [2.24, 2.45) is 5.84 Å². The third kappa shape index (κ3) is 3.65. The first-order chi connectivity index (χ1) is 9.51. The van der Waals surface area contributed by atoms with Gasteiger partial charge >= 0.3 is 5.69 Å². The summed E-state index contributed by atoms with van der Waals surface area (Å²) in [5.41, 5.74) is 1.67. The van der Waals surface area contributed by atoms with Crippen LogP contribution in [0.4, 0.5) is 11.4 Å². The molecule has 1 aromatic carbocycles. The number of nitrogens with two attached hydrogens (primary N) is 1. The van der Waals surface area contributed by atoms with Crippen molar-refractivity contribution in [2.45, 2.75) is 6.42 Å². The SMILES string of the molecule is CNC(=O)CCNC(=O)c1cccc(NN)c1[N+](=O)[O-]. The number of rotatable bonds is 6. The molecule has 0 saturated heterocycles. The summed E-state index contributed by atoms with van der Waals surface area (Å²) in [5, 5.41) is 15.8. The van der Waals surface area contributed by atoms with Gasteiger partial charge in [0.15, 0.2) is 0 Å². The zero-order valence-corrected chi connectivity index (χ0v) is 10.8. The van der Waals surface area contributed by atoms with E-state index in [1.807, 2.05) is 0 Å². The van der Waals surface area contributed by atoms with Gasteiger partial charge in [-0.1, -0.05) is 6.07 Å². The molecule has 9 heteroatoms. The molecular formula is C11H15N5O4. The Bertz CT molecular complexity index is 532. The third-order valence-electron chi connectivity index (χ3n) is 2.54. The van der Waals surface area contributed by atoms with E-state index >= 15 is 0 Å². The summed E-state index contributed by atoms with van der Waals surface area (Å²) < 4.78 is 0. The maximum atomic E-state index is 11.9. The molecule has 5 N–H and O–H groups in total. The van der Waals surface area contributed by atoms with Crippen LogP contribution >= 0.6 is 0 Å². The van der Waals surface area contributed by atoms with Crippen molar-refractivity contribution in [3.8, 4) is 0 Å². The topological polar surface area (TPSA) is 139 Å². The number of carbonyl (C=O) groups excluding carboxylic acids is 2. The van der Waals surface area contributed by atoms with E-state index in [-0.39, 0.29) is 30.1 Å². The lowest BCUT2D eigenvalue weighted by atomic mass is 10.1. The number of hydrogen-bond donors (Lipinski definition) is 4. The number of nitro benzene ring substituents is 1. The van der Waals surface area contributed by atoms with Crippen molar-refractivity contribution in [3.05, 3.63) is 33.9 Å². The summed E-state index contributed by atoms with van der Waals surface area (Å²) in [6, 6.07) is 4.17. The fourth-order valence-electron chi connectivity index (χ4n) is 1.55. The van der Waals surface area contributed by atoms with Gasteiger partial charge in [0.05, 0.1) is 4.92 Å². The highest BCUT2D eigenvalue weighted by Gasteiger charge is 2.23. The molecule has 0 fully saturated rings. The van der Waals surface area contributed by atoms with Gasteiger partial charge in [-0.15, -0.1) is 0 Å². The van der Waals surface area contributed by atoms with Crippen molar-refractivity contribution in [3.63, 3.8) is 0 Å². The average Bonchev–Trinajstić information content (AvgIpc) is 2.45. The Balaban J connectivity index is 2.87. The molecule has 0 unspecified atom stereocenters. The van der Waals surface area contributed by atoms with Crippen molar-refractivity contribution in [1.82, 2.24) is 10.6 Å². The van der Waals surface area contributed by atoms with Crippen LogP contribution in [0.3, 0.4) is 0 Å². The van der Waals surface area contributed by atoms with E-state index in [1.54, 1.807) is 0 Å². The smallest absolute Gasteiger partial charge is 0.306 e. The predicted octanol–water partition coefficient (Wildman–Crippen LogP) is -0.254. The molecule has 0 spiro atoms. The Morgan fingerprint density at radius 2 is 2.10 bits per heavy atom. The van der Waals surface area contributed by atoms with E-state index in [9.17, 15) is 19.7 Å². The highest BCUT2D eigenvalue weighted by molar-refractivity contribution is 6.00. The minimum atomic E-state index is -0.692. The second kappa shape index (κ2) is 7.04. The molecule has 1 rings (SSSR count). The van der Waals surface area contributed by atoms with Gasteiger partial charge in [0.1, 0.15) is 11.3 Å². The summed E-state index contributed by atoms with van der Waals surface area (Å²) in [4.78, 5) is 33.2. The second-order valence-corrected chi connectivity index (χ2v) is 3.78. The van der Waals surface area contributed by atoms with Gasteiger partial charge in [-0.05, 0) is 12.1 Å². The van der Waals surface area contributed by atoms with Gasteiger partial charge in [0.25, 0.3) is 5.91 Å². The number of anilines is 1. The number of amides is 2. The zero-order valence-electron chi connectivity index (χ0n) is 10.8. The van der Waals surface area contributed by atoms with Crippen LogP contribution in [-0.2, 0) is 4.79 Å². The fourth-order valence-corrected chi connectivity index (χ4v) is 1.55. The van der Waals surface area contributed by atoms with Crippen LogP contribution < -0.4 is 21.9 Å². The zero-order chi connectivity index (χ0) is 15.1. The summed E-state index contributed by atoms with van der Waals surface area (Å²) in [5.74, 6) is 4.30. The number of nitrogens with one attached hydrogen (secondary N) is 3. The van der Waals surface area contributed by atoms with Crippen LogP contribution in [0.1, 0.15) is 16.8 Å². The Kier molecular flexibility index (Phi) is 5.42. The number of nitrogen functional groups attached to an aromatic ring is 1. The fraction of sp³-hybridized carbons (Fsp3) is 0.273. The Hall–Kier alpha value is -2.68. The van der Waals surface area contributed by atoms with Crippen molar-refractivity contribution >= 4 is 23.2 Å². The predicted molar refractivity (Wildman–Crippen MR) is 71.9 cm³/mol. The Labute approximate surface area is 114 Å². The molecule has 0 saturated carbocycles. The van der Waals surface area contributed by atoms with E-state index in [0.29, 0.717) is 0 Å². The molecule has 1 aromatic rings. The minimum absolute atomic E-state index is 0.0361. The minimum Gasteiger partial charge on any atom is -0.359 e. The number of carbonyl (C=O) groups is 2. The number of nitro groups is 1. The highest BCUT2D eigenvalue weighted by atomic mass is 16.6. The highest BCUT2D eigenvalue weighted by Crippen LogP contribution is 2.27. The standard InChI is InChI=1S/C11H15N5O4/c1-13-9(17)5-6-14-11(18)7-3-2-4-8(15-12)10(7)16(19)20/h2-4,15H,5-6,12H2,1H3,(H,13,17)(H,14,18). The van der Waals surface area contributed by atoms with Crippen LogP contribution in [0.2, 0.25) is 0 Å². The average molecular weight is 281 g/mol.